The van der Waals surface area contributed by atoms with Crippen molar-refractivity contribution in [3.63, 3.8) is 0 Å². The number of Topliss-reactive ketones (excluding diaryl/α,β-unsaturated/α-hetero) is 1. The molecule has 2 aromatic rings. The van der Waals surface area contributed by atoms with Gasteiger partial charge in [0, 0.05) is 30.6 Å². The normalized spacial score (nSPS) is 37.3. The molecule has 0 spiro atoms. The number of aryl methyl sites for hydroxylation is 1. The van der Waals surface area contributed by atoms with E-state index in [1.165, 1.54) is 18.1 Å². The highest BCUT2D eigenvalue weighted by atomic mass is 32.2. The number of hydrogen-bond acceptors (Lipinski definition) is 12. The van der Waals surface area contributed by atoms with Crippen LogP contribution in [0, 0.1) is 29.6 Å². The second kappa shape index (κ2) is 13.3. The quantitative estimate of drug-likeness (QED) is 0.445. The number of aromatic nitrogens is 4. The van der Waals surface area contributed by atoms with Crippen molar-refractivity contribution in [3.8, 4) is 0 Å². The van der Waals surface area contributed by atoms with Crippen molar-refractivity contribution in [2.45, 2.75) is 103 Å². The monoisotopic (exact) mass is 633 g/mol. The SMILES string of the molecule is CCC1OC(=O)C(C)C(O)C(C)CC(C)(OC)CC(C)C(=O)C(C)C2C(SCCn3ncc4c(N)ncnc43)C(=O)OC12C. The Morgan fingerprint density at radius 1 is 1.11 bits per heavy atom. The van der Waals surface area contributed by atoms with Crippen LogP contribution < -0.4 is 5.73 Å². The van der Waals surface area contributed by atoms with Gasteiger partial charge in [0.15, 0.2) is 11.2 Å². The third kappa shape index (κ3) is 6.46. The van der Waals surface area contributed by atoms with E-state index < -0.39 is 64.3 Å². The lowest BCUT2D eigenvalue weighted by Gasteiger charge is -2.42. The maximum absolute atomic E-state index is 14.1. The van der Waals surface area contributed by atoms with Gasteiger partial charge in [0.2, 0.25) is 0 Å². The first kappa shape index (κ1) is 34.1. The summed E-state index contributed by atoms with van der Waals surface area (Å²) in [5.41, 5.74) is 4.57. The van der Waals surface area contributed by atoms with Crippen LogP contribution in [0.5, 0.6) is 0 Å². The van der Waals surface area contributed by atoms with Crippen LogP contribution in [0.4, 0.5) is 5.82 Å². The van der Waals surface area contributed by atoms with Crippen LogP contribution in [0.15, 0.2) is 12.5 Å². The Balaban J connectivity index is 1.68. The molecule has 3 N–H and O–H groups in total. The fourth-order valence-electron chi connectivity index (χ4n) is 7.25. The number of aliphatic hydroxyl groups is 1. The first-order valence-electron chi connectivity index (χ1n) is 15.4. The molecule has 0 saturated carbocycles. The second-order valence-electron chi connectivity index (χ2n) is 13.0. The molecule has 0 aromatic carbocycles. The van der Waals surface area contributed by atoms with E-state index in [0.717, 1.165) is 0 Å². The van der Waals surface area contributed by atoms with E-state index in [0.29, 0.717) is 48.4 Å². The molecule has 44 heavy (non-hydrogen) atoms. The van der Waals surface area contributed by atoms with Gasteiger partial charge in [-0.2, -0.15) is 5.10 Å². The predicted octanol–water partition coefficient (Wildman–Crippen LogP) is 3.44. The number of ketones is 1. The van der Waals surface area contributed by atoms with Crippen LogP contribution in [0.2, 0.25) is 0 Å². The minimum Gasteiger partial charge on any atom is -0.458 e. The number of carbonyl (C=O) groups excluding carboxylic acids is 3. The number of aliphatic hydroxyl groups excluding tert-OH is 1. The average Bonchev–Trinajstić information content (AvgIpc) is 3.52. The Hall–Kier alpha value is -2.77. The van der Waals surface area contributed by atoms with Crippen LogP contribution in [-0.4, -0.2) is 84.1 Å². The van der Waals surface area contributed by atoms with Gasteiger partial charge >= 0.3 is 11.9 Å². The van der Waals surface area contributed by atoms with Crippen LogP contribution in [0.25, 0.3) is 11.0 Å². The average molecular weight is 634 g/mol. The zero-order valence-corrected chi connectivity index (χ0v) is 27.8. The smallest absolute Gasteiger partial charge is 0.320 e. The molecule has 0 radical (unpaired) electrons. The van der Waals surface area contributed by atoms with Crippen molar-refractivity contribution in [2.24, 2.45) is 29.6 Å². The lowest BCUT2D eigenvalue weighted by molar-refractivity contribution is -0.186. The fourth-order valence-corrected chi connectivity index (χ4v) is 8.68. The molecule has 244 valence electrons. The van der Waals surface area contributed by atoms with Gasteiger partial charge in [0.05, 0.1) is 35.8 Å². The lowest BCUT2D eigenvalue weighted by Crippen LogP contribution is -2.53. The molecule has 0 aliphatic carbocycles. The molecule has 0 bridgehead atoms. The highest BCUT2D eigenvalue weighted by Gasteiger charge is 2.61. The first-order chi connectivity index (χ1) is 20.7. The van der Waals surface area contributed by atoms with Gasteiger partial charge in [-0.25, -0.2) is 14.6 Å². The van der Waals surface area contributed by atoms with E-state index in [-0.39, 0.29) is 11.7 Å². The Morgan fingerprint density at radius 3 is 2.48 bits per heavy atom. The van der Waals surface area contributed by atoms with Gasteiger partial charge < -0.3 is 25.1 Å². The van der Waals surface area contributed by atoms with Gasteiger partial charge in [-0.1, -0.05) is 27.7 Å². The summed E-state index contributed by atoms with van der Waals surface area (Å²) in [4.78, 5) is 49.4. The summed E-state index contributed by atoms with van der Waals surface area (Å²) in [6.07, 6.45) is 2.43. The number of rotatable bonds is 6. The largest absolute Gasteiger partial charge is 0.458 e. The third-order valence-electron chi connectivity index (χ3n) is 9.80. The van der Waals surface area contributed by atoms with Crippen LogP contribution in [-0.2, 0) is 35.1 Å². The van der Waals surface area contributed by atoms with Crippen molar-refractivity contribution >= 4 is 46.3 Å². The van der Waals surface area contributed by atoms with E-state index in [9.17, 15) is 19.5 Å². The first-order valence-corrected chi connectivity index (χ1v) is 16.5. The molecule has 4 rings (SSSR count). The summed E-state index contributed by atoms with van der Waals surface area (Å²) in [6.45, 7) is 13.2. The number of cyclic esters (lactones) is 1. The third-order valence-corrected chi connectivity index (χ3v) is 11.1. The van der Waals surface area contributed by atoms with Gasteiger partial charge in [0.25, 0.3) is 0 Å². The zero-order chi connectivity index (χ0) is 32.6. The Morgan fingerprint density at radius 2 is 1.82 bits per heavy atom. The van der Waals surface area contributed by atoms with Crippen molar-refractivity contribution in [1.82, 2.24) is 19.7 Å². The number of nitrogens with two attached hydrogens (primary N) is 1. The molecule has 0 amide bonds. The highest BCUT2D eigenvalue weighted by molar-refractivity contribution is 8.00. The van der Waals surface area contributed by atoms with E-state index in [1.54, 1.807) is 31.8 Å². The Labute approximate surface area is 263 Å². The van der Waals surface area contributed by atoms with Crippen molar-refractivity contribution in [3.05, 3.63) is 12.5 Å². The topological polar surface area (TPSA) is 169 Å². The Bertz CT molecular complexity index is 1370. The lowest BCUT2D eigenvalue weighted by atomic mass is 9.70. The number of nitrogens with zero attached hydrogens (tertiary/aromatic N) is 4. The van der Waals surface area contributed by atoms with Crippen LogP contribution in [0.1, 0.15) is 67.7 Å². The second-order valence-corrected chi connectivity index (χ2v) is 14.3. The van der Waals surface area contributed by atoms with E-state index in [1.807, 2.05) is 34.6 Å². The predicted molar refractivity (Wildman–Crippen MR) is 166 cm³/mol. The Kier molecular flexibility index (Phi) is 10.3. The minimum atomic E-state index is -1.26. The summed E-state index contributed by atoms with van der Waals surface area (Å²) in [6, 6.07) is 0. The van der Waals surface area contributed by atoms with Crippen molar-refractivity contribution in [2.75, 3.05) is 18.6 Å². The standard InChI is InChI=1S/C31H47N5O7S/c1-9-21-31(7)22(25(29(40)43-31)44-11-10-36-27-20(14-35-36)26(32)33-15-34-27)18(4)23(37)16(2)12-30(6,41-8)13-17(3)24(38)19(5)28(39)42-21/h14-19,21-22,24-25,38H,9-13H2,1-8H3,(H2,32,33,34). The maximum atomic E-state index is 14.1. The molecule has 2 fully saturated rings. The van der Waals surface area contributed by atoms with Gasteiger partial charge in [-0.3, -0.25) is 14.4 Å². The number of nitrogen functional groups attached to an aromatic ring is 1. The number of ether oxygens (including phenoxy) is 3. The summed E-state index contributed by atoms with van der Waals surface area (Å²) >= 11 is 1.39. The molecular formula is C31H47N5O7S. The summed E-state index contributed by atoms with van der Waals surface area (Å²) in [5.74, 6) is -2.90. The molecule has 2 saturated heterocycles. The van der Waals surface area contributed by atoms with E-state index >= 15 is 0 Å². The number of carbonyl (C=O) groups is 3. The maximum Gasteiger partial charge on any atom is 0.320 e. The van der Waals surface area contributed by atoms with Gasteiger partial charge in [0.1, 0.15) is 29.3 Å². The molecular weight excluding hydrogens is 586 g/mol. The molecule has 13 heteroatoms. The summed E-state index contributed by atoms with van der Waals surface area (Å²) < 4.78 is 19.7. The number of fused-ring (bicyclic) bond motifs is 2. The van der Waals surface area contributed by atoms with Gasteiger partial charge in [-0.15, -0.1) is 11.8 Å². The molecule has 2 aliphatic heterocycles. The van der Waals surface area contributed by atoms with E-state index in [4.69, 9.17) is 19.9 Å². The molecule has 12 nitrogen and oxygen atoms in total. The van der Waals surface area contributed by atoms with Crippen LogP contribution >= 0.6 is 11.8 Å². The molecule has 2 aromatic heterocycles. The van der Waals surface area contributed by atoms with E-state index in [2.05, 4.69) is 15.1 Å². The zero-order valence-electron chi connectivity index (χ0n) is 27.0. The summed E-state index contributed by atoms with van der Waals surface area (Å²) in [7, 11) is 1.60. The number of hydrogen-bond donors (Lipinski definition) is 2. The van der Waals surface area contributed by atoms with Crippen molar-refractivity contribution in [1.29, 1.82) is 0 Å². The van der Waals surface area contributed by atoms with Gasteiger partial charge in [-0.05, 0) is 46.0 Å². The highest BCUT2D eigenvalue weighted by Crippen LogP contribution is 2.48. The fraction of sp³-hybridized carbons (Fsp3) is 0.742. The minimum absolute atomic E-state index is 0.0153. The van der Waals surface area contributed by atoms with Crippen molar-refractivity contribution < 1.29 is 33.7 Å². The number of anilines is 1. The molecule has 10 unspecified atom stereocenters. The van der Waals surface area contributed by atoms with Crippen LogP contribution in [0.3, 0.4) is 0 Å². The number of methoxy groups -OCH3 is 1. The number of thioether (sulfide) groups is 1. The summed E-state index contributed by atoms with van der Waals surface area (Å²) in [5, 5.41) is 15.5. The molecule has 4 heterocycles. The molecule has 2 aliphatic rings. The number of esters is 2. The molecule has 10 atom stereocenters.